The Kier molecular flexibility index (Phi) is 7.33. The van der Waals surface area contributed by atoms with E-state index >= 15 is 0 Å². The Morgan fingerprint density at radius 1 is 1.03 bits per heavy atom. The summed E-state index contributed by atoms with van der Waals surface area (Å²) in [4.78, 5) is 42.4. The van der Waals surface area contributed by atoms with Gasteiger partial charge in [0.25, 0.3) is 0 Å². The van der Waals surface area contributed by atoms with E-state index in [1.165, 1.54) is 7.11 Å². The third-order valence-electron chi connectivity index (χ3n) is 5.46. The Balaban J connectivity index is 1.61. The maximum atomic E-state index is 12.9. The van der Waals surface area contributed by atoms with Crippen molar-refractivity contribution in [2.45, 2.75) is 19.9 Å². The molecule has 0 saturated carbocycles. The van der Waals surface area contributed by atoms with Gasteiger partial charge in [0.1, 0.15) is 18.1 Å². The number of nitrogens with one attached hydrogen (secondary N) is 2. The van der Waals surface area contributed by atoms with Crippen LogP contribution in [0.2, 0.25) is 0 Å². The second kappa shape index (κ2) is 10.8. The second-order valence-corrected chi connectivity index (χ2v) is 7.78. The number of oxazole rings is 1. The minimum absolute atomic E-state index is 0.000830. The molecule has 3 aromatic rings. The minimum atomic E-state index is -0.823. The van der Waals surface area contributed by atoms with Crippen LogP contribution in [0.3, 0.4) is 0 Å². The largest absolute Gasteiger partial charge is 0.497 e. The molecule has 10 heteroatoms. The second-order valence-electron chi connectivity index (χ2n) is 7.78. The Labute approximate surface area is 207 Å². The summed E-state index contributed by atoms with van der Waals surface area (Å²) < 4.78 is 21.5. The molecule has 1 aromatic heterocycles. The zero-order chi connectivity index (χ0) is 25.7. The maximum absolute atomic E-state index is 12.9. The monoisotopic (exact) mass is 491 g/mol. The number of rotatable bonds is 8. The number of methoxy groups -OCH3 is 1. The van der Waals surface area contributed by atoms with Gasteiger partial charge in [0.15, 0.2) is 5.69 Å². The molecule has 2 heterocycles. The number of hydrogen-bond acceptors (Lipinski definition) is 8. The number of carbonyl (C=O) groups excluding carboxylic acids is 3. The molecule has 0 aliphatic carbocycles. The number of benzene rings is 2. The first-order valence-electron chi connectivity index (χ1n) is 11.2. The number of amides is 2. The summed E-state index contributed by atoms with van der Waals surface area (Å²) in [6, 6.07) is 14.6. The molecule has 2 amide bonds. The van der Waals surface area contributed by atoms with E-state index in [4.69, 9.17) is 18.6 Å². The van der Waals surface area contributed by atoms with Crippen LogP contribution >= 0.6 is 0 Å². The van der Waals surface area contributed by atoms with Crippen molar-refractivity contribution in [1.29, 1.82) is 0 Å². The van der Waals surface area contributed by atoms with Crippen molar-refractivity contribution < 1.29 is 33.0 Å². The fourth-order valence-electron chi connectivity index (χ4n) is 3.72. The number of ether oxygens (including phenoxy) is 3. The van der Waals surface area contributed by atoms with Gasteiger partial charge in [-0.15, -0.1) is 0 Å². The van der Waals surface area contributed by atoms with Gasteiger partial charge in [-0.05, 0) is 43.7 Å². The van der Waals surface area contributed by atoms with Gasteiger partial charge in [0, 0.05) is 5.56 Å². The molecule has 4 rings (SSSR count). The number of hydrogen-bond donors (Lipinski definition) is 2. The fraction of sp³-hybridized carbons (Fsp3) is 0.231. The molecule has 1 aliphatic rings. The van der Waals surface area contributed by atoms with Crippen LogP contribution in [-0.2, 0) is 14.3 Å². The lowest BCUT2D eigenvalue weighted by molar-refractivity contribution is -0.139. The van der Waals surface area contributed by atoms with Crippen molar-refractivity contribution in [2.24, 2.45) is 0 Å². The third kappa shape index (κ3) is 5.22. The number of nitrogens with zero attached hydrogens (tertiary/aromatic N) is 1. The van der Waals surface area contributed by atoms with Crippen LogP contribution in [-0.4, -0.2) is 43.3 Å². The highest BCUT2D eigenvalue weighted by Gasteiger charge is 2.34. The summed E-state index contributed by atoms with van der Waals surface area (Å²) in [7, 11) is 1.54. The van der Waals surface area contributed by atoms with E-state index in [0.29, 0.717) is 16.9 Å². The predicted molar refractivity (Wildman–Crippen MR) is 128 cm³/mol. The molecular formula is C26H25N3O7. The smallest absolute Gasteiger partial charge is 0.361 e. The maximum Gasteiger partial charge on any atom is 0.361 e. The topological polar surface area (TPSA) is 129 Å². The molecule has 0 bridgehead atoms. The quantitative estimate of drug-likeness (QED) is 0.457. The molecule has 1 atom stereocenters. The molecule has 10 nitrogen and oxygen atoms in total. The van der Waals surface area contributed by atoms with Gasteiger partial charge in [-0.2, -0.15) is 0 Å². The summed E-state index contributed by atoms with van der Waals surface area (Å²) in [5.41, 5.74) is 1.56. The molecule has 36 heavy (non-hydrogen) atoms. The van der Waals surface area contributed by atoms with Gasteiger partial charge in [0.05, 0.1) is 31.0 Å². The van der Waals surface area contributed by atoms with Crippen LogP contribution in [0.15, 0.2) is 70.3 Å². The van der Waals surface area contributed by atoms with Gasteiger partial charge in [-0.3, -0.25) is 0 Å². The molecule has 2 aromatic carbocycles. The van der Waals surface area contributed by atoms with Crippen LogP contribution < -0.4 is 15.4 Å². The normalized spacial score (nSPS) is 15.1. The van der Waals surface area contributed by atoms with Crippen molar-refractivity contribution in [2.75, 3.05) is 20.3 Å². The van der Waals surface area contributed by atoms with Crippen LogP contribution in [0.5, 0.6) is 5.75 Å². The summed E-state index contributed by atoms with van der Waals surface area (Å²) >= 11 is 0. The first kappa shape index (κ1) is 24.5. The first-order chi connectivity index (χ1) is 17.4. The van der Waals surface area contributed by atoms with Crippen LogP contribution in [0.25, 0.3) is 11.5 Å². The van der Waals surface area contributed by atoms with Gasteiger partial charge >= 0.3 is 18.0 Å². The highest BCUT2D eigenvalue weighted by molar-refractivity contribution is 5.95. The minimum Gasteiger partial charge on any atom is -0.497 e. The lowest BCUT2D eigenvalue weighted by Gasteiger charge is -2.29. The highest BCUT2D eigenvalue weighted by atomic mass is 16.5. The molecule has 0 unspecified atom stereocenters. The molecule has 0 fully saturated rings. The van der Waals surface area contributed by atoms with E-state index in [1.54, 1.807) is 50.2 Å². The Hall–Kier alpha value is -4.60. The van der Waals surface area contributed by atoms with Crippen molar-refractivity contribution in [3.63, 3.8) is 0 Å². The van der Waals surface area contributed by atoms with Crippen molar-refractivity contribution >= 4 is 18.0 Å². The first-order valence-corrected chi connectivity index (χ1v) is 11.2. The van der Waals surface area contributed by atoms with Gasteiger partial charge in [0.2, 0.25) is 5.89 Å². The van der Waals surface area contributed by atoms with Crippen LogP contribution in [0.1, 0.15) is 34.8 Å². The number of aryl methyl sites for hydroxylation is 1. The Morgan fingerprint density at radius 3 is 2.42 bits per heavy atom. The third-order valence-corrected chi connectivity index (χ3v) is 5.46. The number of carbonyl (C=O) groups is 3. The molecule has 0 spiro atoms. The molecule has 0 radical (unpaired) electrons. The van der Waals surface area contributed by atoms with Crippen molar-refractivity contribution in [1.82, 2.24) is 15.6 Å². The predicted octanol–water partition coefficient (Wildman–Crippen LogP) is 3.69. The molecule has 0 saturated heterocycles. The van der Waals surface area contributed by atoms with Crippen molar-refractivity contribution in [3.05, 3.63) is 82.9 Å². The molecular weight excluding hydrogens is 466 g/mol. The average molecular weight is 492 g/mol. The summed E-state index contributed by atoms with van der Waals surface area (Å²) in [5, 5.41) is 5.29. The van der Waals surface area contributed by atoms with E-state index in [0.717, 1.165) is 0 Å². The van der Waals surface area contributed by atoms with E-state index in [-0.39, 0.29) is 41.8 Å². The summed E-state index contributed by atoms with van der Waals surface area (Å²) in [6.45, 7) is 3.01. The average Bonchev–Trinajstić information content (AvgIpc) is 3.29. The van der Waals surface area contributed by atoms with Crippen LogP contribution in [0.4, 0.5) is 4.79 Å². The number of aromatic nitrogens is 1. The van der Waals surface area contributed by atoms with E-state index in [2.05, 4.69) is 15.6 Å². The molecule has 186 valence electrons. The standard InChI is InChI=1S/C26H25N3O7/c1-4-34-24(30)20-19(27-26(32)29-22(20)16-10-12-18(33-3)13-11-16)14-35-25(31)21-15(2)36-23(28-21)17-8-6-5-7-9-17/h5-13,22H,4,14H2,1-3H3,(H2,27,29,32)/t22-/m1/s1. The van der Waals surface area contributed by atoms with E-state index in [1.807, 2.05) is 18.2 Å². The Morgan fingerprint density at radius 2 is 1.75 bits per heavy atom. The zero-order valence-electron chi connectivity index (χ0n) is 20.0. The van der Waals surface area contributed by atoms with Gasteiger partial charge in [-0.1, -0.05) is 30.3 Å². The van der Waals surface area contributed by atoms with Gasteiger partial charge in [-0.25, -0.2) is 19.4 Å². The highest BCUT2D eigenvalue weighted by Crippen LogP contribution is 2.29. The molecule has 2 N–H and O–H groups in total. The lowest BCUT2D eigenvalue weighted by Crippen LogP contribution is -2.47. The zero-order valence-corrected chi connectivity index (χ0v) is 20.0. The van der Waals surface area contributed by atoms with Crippen LogP contribution in [0, 0.1) is 6.92 Å². The summed E-state index contributed by atoms with van der Waals surface area (Å²) in [6.07, 6.45) is 0. The van der Waals surface area contributed by atoms with Gasteiger partial charge < -0.3 is 29.3 Å². The lowest BCUT2D eigenvalue weighted by atomic mass is 9.95. The number of urea groups is 1. The van der Waals surface area contributed by atoms with E-state index in [9.17, 15) is 14.4 Å². The van der Waals surface area contributed by atoms with Crippen molar-refractivity contribution in [3.8, 4) is 17.2 Å². The SMILES string of the molecule is CCOC(=O)C1=C(COC(=O)c2nc(-c3ccccc3)oc2C)NC(=O)N[C@@H]1c1ccc(OC)cc1. The number of esters is 2. The molecule has 1 aliphatic heterocycles. The summed E-state index contributed by atoms with van der Waals surface area (Å²) in [5.74, 6) is -0.235. The fourth-order valence-corrected chi connectivity index (χ4v) is 3.72. The van der Waals surface area contributed by atoms with E-state index < -0.39 is 24.0 Å². The Bertz CT molecular complexity index is 1300.